The number of nitrogens with zero attached hydrogens (tertiary/aromatic N) is 1. The predicted molar refractivity (Wildman–Crippen MR) is 61.3 cm³/mol. The number of carbonyl (C=O) groups excluding carboxylic acids is 1. The van der Waals surface area contributed by atoms with E-state index in [-0.39, 0.29) is 11.3 Å². The Kier molecular flexibility index (Phi) is 2.96. The Morgan fingerprint density at radius 1 is 1.41 bits per heavy atom. The molecular weight excluding hydrogens is 218 g/mol. The van der Waals surface area contributed by atoms with Gasteiger partial charge in [-0.25, -0.2) is 0 Å². The van der Waals surface area contributed by atoms with Gasteiger partial charge in [0.2, 0.25) is 5.56 Å². The van der Waals surface area contributed by atoms with E-state index in [4.69, 9.17) is 5.26 Å². The van der Waals surface area contributed by atoms with E-state index in [1.807, 2.05) is 0 Å². The molecule has 1 aliphatic rings. The molecule has 2 N–H and O–H groups in total. The van der Waals surface area contributed by atoms with Crippen LogP contribution in [0.5, 0.6) is 0 Å². The molecule has 1 fully saturated rings. The predicted octanol–water partition coefficient (Wildman–Crippen LogP) is 0.941. The van der Waals surface area contributed by atoms with Gasteiger partial charge < -0.3 is 10.3 Å². The van der Waals surface area contributed by atoms with Gasteiger partial charge in [0.05, 0.1) is 6.07 Å². The van der Waals surface area contributed by atoms with Crippen molar-refractivity contribution in [3.8, 4) is 6.07 Å². The number of aromatic amines is 1. The van der Waals surface area contributed by atoms with E-state index in [9.17, 15) is 9.59 Å². The second kappa shape index (κ2) is 4.42. The van der Waals surface area contributed by atoms with E-state index in [1.165, 1.54) is 18.2 Å². The first-order valence-electron chi connectivity index (χ1n) is 5.58. The van der Waals surface area contributed by atoms with Gasteiger partial charge in [0.1, 0.15) is 11.2 Å². The van der Waals surface area contributed by atoms with Gasteiger partial charge in [0, 0.05) is 6.07 Å². The lowest BCUT2D eigenvalue weighted by Crippen LogP contribution is -2.45. The molecule has 0 aromatic carbocycles. The molecule has 1 aromatic rings. The first-order chi connectivity index (χ1) is 8.15. The van der Waals surface area contributed by atoms with Crippen LogP contribution >= 0.6 is 0 Å². The van der Waals surface area contributed by atoms with E-state index >= 15 is 0 Å². The van der Waals surface area contributed by atoms with Gasteiger partial charge in [-0.2, -0.15) is 5.26 Å². The van der Waals surface area contributed by atoms with Gasteiger partial charge in [0.25, 0.3) is 5.91 Å². The molecule has 2 rings (SSSR count). The van der Waals surface area contributed by atoms with Crippen molar-refractivity contribution >= 4 is 5.91 Å². The second-order valence-electron chi connectivity index (χ2n) is 4.28. The molecule has 1 aromatic heterocycles. The van der Waals surface area contributed by atoms with Crippen LogP contribution in [0.15, 0.2) is 23.0 Å². The van der Waals surface area contributed by atoms with Crippen molar-refractivity contribution in [3.05, 3.63) is 34.2 Å². The molecule has 88 valence electrons. The van der Waals surface area contributed by atoms with Gasteiger partial charge in [-0.15, -0.1) is 0 Å². The monoisotopic (exact) mass is 231 g/mol. The van der Waals surface area contributed by atoms with Crippen LogP contribution in [0.25, 0.3) is 0 Å². The minimum Gasteiger partial charge on any atom is -0.332 e. The summed E-state index contributed by atoms with van der Waals surface area (Å²) in [7, 11) is 0. The van der Waals surface area contributed by atoms with E-state index in [2.05, 4.69) is 16.4 Å². The van der Waals surface area contributed by atoms with Crippen molar-refractivity contribution in [2.75, 3.05) is 0 Å². The van der Waals surface area contributed by atoms with Crippen LogP contribution in [0, 0.1) is 11.3 Å². The van der Waals surface area contributed by atoms with Gasteiger partial charge in [-0.1, -0.05) is 6.07 Å². The molecule has 1 amide bonds. The van der Waals surface area contributed by atoms with Crippen LogP contribution in [-0.2, 0) is 0 Å². The van der Waals surface area contributed by atoms with E-state index < -0.39 is 11.4 Å². The van der Waals surface area contributed by atoms with Gasteiger partial charge >= 0.3 is 0 Å². The Morgan fingerprint density at radius 3 is 2.71 bits per heavy atom. The third-order valence-corrected chi connectivity index (χ3v) is 3.04. The lowest BCUT2D eigenvalue weighted by molar-refractivity contribution is 0.0915. The van der Waals surface area contributed by atoms with Gasteiger partial charge in [-0.05, 0) is 31.7 Å². The summed E-state index contributed by atoms with van der Waals surface area (Å²) in [5.74, 6) is -0.397. The quantitative estimate of drug-likeness (QED) is 0.794. The number of carbonyl (C=O) groups is 1. The van der Waals surface area contributed by atoms with Crippen LogP contribution in [-0.4, -0.2) is 16.4 Å². The minimum atomic E-state index is -0.760. The van der Waals surface area contributed by atoms with Crippen molar-refractivity contribution in [3.63, 3.8) is 0 Å². The summed E-state index contributed by atoms with van der Waals surface area (Å²) in [6.07, 6.45) is 3.23. The zero-order valence-corrected chi connectivity index (χ0v) is 9.32. The first-order valence-corrected chi connectivity index (χ1v) is 5.58. The van der Waals surface area contributed by atoms with Gasteiger partial charge in [0.15, 0.2) is 0 Å². The second-order valence-corrected chi connectivity index (χ2v) is 4.28. The van der Waals surface area contributed by atoms with Crippen LogP contribution in [0.3, 0.4) is 0 Å². The molecule has 0 radical (unpaired) electrons. The normalized spacial score (nSPS) is 17.4. The largest absolute Gasteiger partial charge is 0.332 e. The SMILES string of the molecule is N#CC1(NC(=O)c2cccc(=O)[nH]2)CCCC1. The zero-order chi connectivity index (χ0) is 12.3. The molecule has 0 unspecified atom stereocenters. The van der Waals surface area contributed by atoms with Crippen molar-refractivity contribution < 1.29 is 4.79 Å². The molecule has 0 spiro atoms. The Balaban J connectivity index is 2.17. The number of aromatic nitrogens is 1. The highest BCUT2D eigenvalue weighted by molar-refractivity contribution is 5.93. The number of pyridine rings is 1. The fraction of sp³-hybridized carbons (Fsp3) is 0.417. The lowest BCUT2D eigenvalue weighted by atomic mass is 10.00. The molecule has 5 nitrogen and oxygen atoms in total. The molecule has 1 saturated carbocycles. The number of amides is 1. The van der Waals surface area contributed by atoms with E-state index in [0.29, 0.717) is 12.8 Å². The summed E-state index contributed by atoms with van der Waals surface area (Å²) < 4.78 is 0. The summed E-state index contributed by atoms with van der Waals surface area (Å²) in [6, 6.07) is 6.55. The Bertz CT molecular complexity index is 521. The molecule has 1 heterocycles. The summed E-state index contributed by atoms with van der Waals surface area (Å²) in [6.45, 7) is 0. The Hall–Kier alpha value is -2.09. The highest BCUT2D eigenvalue weighted by Gasteiger charge is 2.35. The first kappa shape index (κ1) is 11.4. The molecular formula is C12H13N3O2. The number of H-pyrrole nitrogens is 1. The maximum absolute atomic E-state index is 11.9. The lowest BCUT2D eigenvalue weighted by Gasteiger charge is -2.21. The number of hydrogen-bond acceptors (Lipinski definition) is 3. The van der Waals surface area contributed by atoms with E-state index in [1.54, 1.807) is 0 Å². The van der Waals surface area contributed by atoms with Crippen LogP contribution in [0.1, 0.15) is 36.2 Å². The molecule has 0 aliphatic heterocycles. The van der Waals surface area contributed by atoms with Crippen molar-refractivity contribution in [2.24, 2.45) is 0 Å². The summed E-state index contributed by atoms with van der Waals surface area (Å²) in [4.78, 5) is 25.4. The summed E-state index contributed by atoms with van der Waals surface area (Å²) in [5, 5.41) is 11.8. The fourth-order valence-electron chi connectivity index (χ4n) is 2.11. The van der Waals surface area contributed by atoms with Crippen LogP contribution in [0.4, 0.5) is 0 Å². The standard InChI is InChI=1S/C12H13N3O2/c13-8-12(6-1-2-7-12)15-11(17)9-4-3-5-10(16)14-9/h3-5H,1-2,6-7H2,(H,14,16)(H,15,17). The number of hydrogen-bond donors (Lipinski definition) is 2. The number of nitriles is 1. The number of rotatable bonds is 2. The van der Waals surface area contributed by atoms with Crippen molar-refractivity contribution in [1.29, 1.82) is 5.26 Å². The average molecular weight is 231 g/mol. The third kappa shape index (κ3) is 2.36. The summed E-state index contributed by atoms with van der Waals surface area (Å²) >= 11 is 0. The highest BCUT2D eigenvalue weighted by Crippen LogP contribution is 2.28. The molecule has 17 heavy (non-hydrogen) atoms. The van der Waals surface area contributed by atoms with Crippen molar-refractivity contribution in [1.82, 2.24) is 10.3 Å². The summed E-state index contributed by atoms with van der Waals surface area (Å²) in [5.41, 5.74) is -0.891. The van der Waals surface area contributed by atoms with Crippen LogP contribution in [0.2, 0.25) is 0 Å². The smallest absolute Gasteiger partial charge is 0.269 e. The van der Waals surface area contributed by atoms with Crippen LogP contribution < -0.4 is 10.9 Å². The molecule has 0 atom stereocenters. The van der Waals surface area contributed by atoms with Gasteiger partial charge in [-0.3, -0.25) is 9.59 Å². The fourth-order valence-corrected chi connectivity index (χ4v) is 2.11. The average Bonchev–Trinajstić information content (AvgIpc) is 2.78. The zero-order valence-electron chi connectivity index (χ0n) is 9.32. The Morgan fingerprint density at radius 2 is 2.12 bits per heavy atom. The molecule has 1 aliphatic carbocycles. The Labute approximate surface area is 98.5 Å². The molecule has 0 bridgehead atoms. The molecule has 0 saturated heterocycles. The van der Waals surface area contributed by atoms with Crippen molar-refractivity contribution in [2.45, 2.75) is 31.2 Å². The topological polar surface area (TPSA) is 85.8 Å². The maximum atomic E-state index is 11.9. The maximum Gasteiger partial charge on any atom is 0.269 e. The highest BCUT2D eigenvalue weighted by atomic mass is 16.2. The minimum absolute atomic E-state index is 0.194. The molecule has 5 heteroatoms. The van der Waals surface area contributed by atoms with E-state index in [0.717, 1.165) is 12.8 Å². The third-order valence-electron chi connectivity index (χ3n) is 3.04. The number of nitrogens with one attached hydrogen (secondary N) is 2.